The van der Waals surface area contributed by atoms with Crippen LogP contribution in [0.2, 0.25) is 0 Å². The average Bonchev–Trinajstić information content (AvgIpc) is 2.73. The van der Waals surface area contributed by atoms with Gasteiger partial charge < -0.3 is 15.4 Å². The van der Waals surface area contributed by atoms with E-state index in [-0.39, 0.29) is 6.03 Å². The summed E-state index contributed by atoms with van der Waals surface area (Å²) in [5, 5.41) is 6.06. The molecule has 0 atom stereocenters. The van der Waals surface area contributed by atoms with Crippen LogP contribution in [0.3, 0.4) is 0 Å². The van der Waals surface area contributed by atoms with Crippen molar-refractivity contribution in [3.05, 3.63) is 64.7 Å². The second kappa shape index (κ2) is 10.2. The Labute approximate surface area is 168 Å². The number of hydrogen-bond donors (Lipinski definition) is 2. The molecule has 1 heterocycles. The summed E-state index contributed by atoms with van der Waals surface area (Å²) >= 11 is 0. The van der Waals surface area contributed by atoms with Gasteiger partial charge in [-0.15, -0.1) is 0 Å². The molecule has 3 rings (SSSR count). The Morgan fingerprint density at radius 1 is 1.00 bits per heavy atom. The van der Waals surface area contributed by atoms with Crippen LogP contribution in [0.1, 0.15) is 36.1 Å². The number of ether oxygens (including phenoxy) is 1. The van der Waals surface area contributed by atoms with E-state index in [1.54, 1.807) is 0 Å². The number of carbonyl (C=O) groups excluding carboxylic acids is 1. The number of hydrogen-bond acceptors (Lipinski definition) is 3. The van der Waals surface area contributed by atoms with Crippen LogP contribution in [0.5, 0.6) is 0 Å². The van der Waals surface area contributed by atoms with Crippen molar-refractivity contribution < 1.29 is 9.53 Å². The van der Waals surface area contributed by atoms with E-state index in [1.807, 2.05) is 0 Å². The third kappa shape index (κ3) is 5.57. The normalized spacial score (nSPS) is 14.6. The van der Waals surface area contributed by atoms with E-state index in [1.165, 1.54) is 16.7 Å². The fourth-order valence-corrected chi connectivity index (χ4v) is 3.60. The summed E-state index contributed by atoms with van der Waals surface area (Å²) < 4.78 is 5.41. The van der Waals surface area contributed by atoms with E-state index < -0.39 is 0 Å². The molecule has 1 aliphatic heterocycles. The topological polar surface area (TPSA) is 53.6 Å². The molecule has 1 fully saturated rings. The summed E-state index contributed by atoms with van der Waals surface area (Å²) in [6.07, 6.45) is 1.79. The van der Waals surface area contributed by atoms with Crippen LogP contribution in [0, 0.1) is 0 Å². The second-order valence-corrected chi connectivity index (χ2v) is 7.17. The predicted molar refractivity (Wildman–Crippen MR) is 114 cm³/mol. The van der Waals surface area contributed by atoms with Crippen LogP contribution in [-0.2, 0) is 30.7 Å². The van der Waals surface area contributed by atoms with E-state index in [0.29, 0.717) is 6.54 Å². The van der Waals surface area contributed by atoms with Gasteiger partial charge in [0.15, 0.2) is 0 Å². The summed E-state index contributed by atoms with van der Waals surface area (Å²) in [7, 11) is 0. The Kier molecular flexibility index (Phi) is 7.46. The van der Waals surface area contributed by atoms with Crippen LogP contribution >= 0.6 is 0 Å². The molecule has 2 N–H and O–H groups in total. The minimum atomic E-state index is -0.158. The summed E-state index contributed by atoms with van der Waals surface area (Å²) in [5.41, 5.74) is 5.67. The van der Waals surface area contributed by atoms with Crippen molar-refractivity contribution in [2.45, 2.75) is 39.8 Å². The Morgan fingerprint density at radius 3 is 2.32 bits per heavy atom. The molecule has 2 aromatic carbocycles. The van der Waals surface area contributed by atoms with Gasteiger partial charge in [-0.25, -0.2) is 4.79 Å². The van der Waals surface area contributed by atoms with Crippen LogP contribution in [0.4, 0.5) is 10.5 Å². The smallest absolute Gasteiger partial charge is 0.319 e. The average molecular weight is 382 g/mol. The van der Waals surface area contributed by atoms with Crippen LogP contribution in [0.15, 0.2) is 42.5 Å². The number of para-hydroxylation sites is 1. The van der Waals surface area contributed by atoms with Crippen molar-refractivity contribution in [3.63, 3.8) is 0 Å². The predicted octanol–water partition coefficient (Wildman–Crippen LogP) is 3.97. The van der Waals surface area contributed by atoms with Crippen molar-refractivity contribution in [3.8, 4) is 0 Å². The highest BCUT2D eigenvalue weighted by molar-refractivity contribution is 5.91. The van der Waals surface area contributed by atoms with Gasteiger partial charge in [-0.3, -0.25) is 4.90 Å². The number of morpholine rings is 1. The zero-order chi connectivity index (χ0) is 19.8. The summed E-state index contributed by atoms with van der Waals surface area (Å²) in [6.45, 7) is 9.21. The fraction of sp³-hybridized carbons (Fsp3) is 0.435. The maximum absolute atomic E-state index is 12.5. The molecule has 2 aromatic rings. The van der Waals surface area contributed by atoms with Crippen molar-refractivity contribution in [2.75, 3.05) is 31.6 Å². The van der Waals surface area contributed by atoms with E-state index in [4.69, 9.17) is 4.74 Å². The molecule has 0 spiro atoms. The molecule has 5 nitrogen and oxygen atoms in total. The van der Waals surface area contributed by atoms with Crippen molar-refractivity contribution >= 4 is 11.7 Å². The van der Waals surface area contributed by atoms with Crippen molar-refractivity contribution in [1.29, 1.82) is 0 Å². The lowest BCUT2D eigenvalue weighted by Crippen LogP contribution is -2.35. The number of carbonyl (C=O) groups is 1. The maximum atomic E-state index is 12.5. The lowest BCUT2D eigenvalue weighted by atomic mass is 10.0. The number of nitrogens with one attached hydrogen (secondary N) is 2. The third-order valence-electron chi connectivity index (χ3n) is 5.19. The zero-order valence-corrected chi connectivity index (χ0v) is 17.0. The first-order chi connectivity index (χ1) is 13.7. The van der Waals surface area contributed by atoms with Crippen LogP contribution in [-0.4, -0.2) is 37.2 Å². The van der Waals surface area contributed by atoms with Crippen LogP contribution < -0.4 is 10.6 Å². The number of benzene rings is 2. The molecule has 0 aromatic heterocycles. The highest BCUT2D eigenvalue weighted by atomic mass is 16.5. The molecular formula is C23H31N3O2. The highest BCUT2D eigenvalue weighted by Gasteiger charge is 2.12. The molecule has 2 amide bonds. The molecule has 1 aliphatic rings. The summed E-state index contributed by atoms with van der Waals surface area (Å²) in [4.78, 5) is 14.9. The molecule has 0 saturated carbocycles. The van der Waals surface area contributed by atoms with Gasteiger partial charge in [0.2, 0.25) is 0 Å². The first-order valence-electron chi connectivity index (χ1n) is 10.2. The number of amides is 2. The van der Waals surface area contributed by atoms with Gasteiger partial charge in [-0.05, 0) is 35.1 Å². The monoisotopic (exact) mass is 381 g/mol. The molecule has 0 bridgehead atoms. The van der Waals surface area contributed by atoms with Crippen molar-refractivity contribution in [1.82, 2.24) is 10.2 Å². The molecule has 0 unspecified atom stereocenters. The fourth-order valence-electron chi connectivity index (χ4n) is 3.60. The SMILES string of the molecule is CCc1cccc(CC)c1NC(=O)NCc1cccc(CN2CCOCC2)c1. The molecule has 28 heavy (non-hydrogen) atoms. The zero-order valence-electron chi connectivity index (χ0n) is 17.0. The molecule has 5 heteroatoms. The first-order valence-corrected chi connectivity index (χ1v) is 10.2. The highest BCUT2D eigenvalue weighted by Crippen LogP contribution is 2.22. The molecule has 1 saturated heterocycles. The number of rotatable bonds is 7. The minimum absolute atomic E-state index is 0.158. The lowest BCUT2D eigenvalue weighted by Gasteiger charge is -2.26. The lowest BCUT2D eigenvalue weighted by molar-refractivity contribution is 0.0342. The second-order valence-electron chi connectivity index (χ2n) is 7.17. The van der Waals surface area contributed by atoms with Gasteiger partial charge >= 0.3 is 6.03 Å². The standard InChI is InChI=1S/C23H31N3O2/c1-3-20-9-6-10-21(4-2)22(20)25-23(27)24-16-18-7-5-8-19(15-18)17-26-11-13-28-14-12-26/h5-10,15H,3-4,11-14,16-17H2,1-2H3,(H2,24,25,27). The van der Waals surface area contributed by atoms with Gasteiger partial charge in [0, 0.05) is 31.9 Å². The molecule has 0 radical (unpaired) electrons. The number of anilines is 1. The van der Waals surface area contributed by atoms with Crippen molar-refractivity contribution in [2.24, 2.45) is 0 Å². The number of urea groups is 1. The molecule has 0 aliphatic carbocycles. The Hall–Kier alpha value is -2.37. The summed E-state index contributed by atoms with van der Waals surface area (Å²) in [6, 6.07) is 14.5. The van der Waals surface area contributed by atoms with Gasteiger partial charge in [-0.1, -0.05) is 56.3 Å². The summed E-state index contributed by atoms with van der Waals surface area (Å²) in [5.74, 6) is 0. The van der Waals surface area contributed by atoms with E-state index in [9.17, 15) is 4.79 Å². The molecular weight excluding hydrogens is 350 g/mol. The Morgan fingerprint density at radius 2 is 1.64 bits per heavy atom. The van der Waals surface area contributed by atoms with Gasteiger partial charge in [-0.2, -0.15) is 0 Å². The minimum Gasteiger partial charge on any atom is -0.379 e. The number of nitrogens with zero attached hydrogens (tertiary/aromatic N) is 1. The number of aryl methyl sites for hydroxylation is 2. The Bertz CT molecular complexity index is 763. The largest absolute Gasteiger partial charge is 0.379 e. The van der Waals surface area contributed by atoms with E-state index >= 15 is 0 Å². The van der Waals surface area contributed by atoms with Gasteiger partial charge in [0.25, 0.3) is 0 Å². The Balaban J connectivity index is 1.57. The van der Waals surface area contributed by atoms with Gasteiger partial charge in [0.05, 0.1) is 13.2 Å². The third-order valence-corrected chi connectivity index (χ3v) is 5.19. The quantitative estimate of drug-likeness (QED) is 0.763. The molecule has 150 valence electrons. The first kappa shape index (κ1) is 20.4. The van der Waals surface area contributed by atoms with Crippen LogP contribution in [0.25, 0.3) is 0 Å². The van der Waals surface area contributed by atoms with E-state index in [0.717, 1.165) is 56.9 Å². The van der Waals surface area contributed by atoms with Gasteiger partial charge in [0.1, 0.15) is 0 Å². The van der Waals surface area contributed by atoms with E-state index in [2.05, 4.69) is 71.8 Å². The maximum Gasteiger partial charge on any atom is 0.319 e.